The van der Waals surface area contributed by atoms with Crippen molar-refractivity contribution in [2.24, 2.45) is 5.92 Å². The third-order valence-electron chi connectivity index (χ3n) is 5.24. The summed E-state index contributed by atoms with van der Waals surface area (Å²) in [5, 5.41) is 0. The fourth-order valence-electron chi connectivity index (χ4n) is 3.81. The van der Waals surface area contributed by atoms with Crippen LogP contribution in [0.25, 0.3) is 0 Å². The van der Waals surface area contributed by atoms with Crippen molar-refractivity contribution in [1.82, 2.24) is 0 Å². The molecule has 0 amide bonds. The Bertz CT molecular complexity index is 711. The zero-order valence-electron chi connectivity index (χ0n) is 15.4. The van der Waals surface area contributed by atoms with E-state index < -0.39 is 0 Å². The van der Waals surface area contributed by atoms with Gasteiger partial charge in [0.15, 0.2) is 6.29 Å². The van der Waals surface area contributed by atoms with Crippen molar-refractivity contribution < 1.29 is 18.9 Å². The first-order valence-electron chi connectivity index (χ1n) is 9.44. The molecular weight excluding hydrogens is 455 g/mol. The Morgan fingerprint density at radius 2 is 1.44 bits per heavy atom. The second kappa shape index (κ2) is 9.01. The summed E-state index contributed by atoms with van der Waals surface area (Å²) in [5.74, 6) is 0.172. The fraction of sp³-hybridized carbons (Fsp3) is 0.455. The molecule has 2 aliphatic rings. The van der Waals surface area contributed by atoms with Crippen LogP contribution in [0.4, 0.5) is 0 Å². The van der Waals surface area contributed by atoms with Crippen molar-refractivity contribution >= 4 is 22.6 Å². The van der Waals surface area contributed by atoms with E-state index in [4.69, 9.17) is 18.9 Å². The van der Waals surface area contributed by atoms with Crippen LogP contribution in [0.15, 0.2) is 60.7 Å². The van der Waals surface area contributed by atoms with Crippen LogP contribution in [0, 0.1) is 5.92 Å². The van der Waals surface area contributed by atoms with Crippen LogP contribution in [0.2, 0.25) is 0 Å². The van der Waals surface area contributed by atoms with Gasteiger partial charge in [-0.1, -0.05) is 83.3 Å². The number of benzene rings is 2. The maximum atomic E-state index is 6.44. The van der Waals surface area contributed by atoms with Crippen molar-refractivity contribution in [2.45, 2.75) is 48.7 Å². The number of hydrogen-bond donors (Lipinski definition) is 0. The number of halogens is 1. The van der Waals surface area contributed by atoms with E-state index in [1.54, 1.807) is 0 Å². The van der Waals surface area contributed by atoms with Gasteiger partial charge in [0.05, 0.1) is 37.9 Å². The normalized spacial score (nSPS) is 33.0. The van der Waals surface area contributed by atoms with Gasteiger partial charge in [0.25, 0.3) is 0 Å². The highest BCUT2D eigenvalue weighted by Crippen LogP contribution is 2.40. The zero-order valence-corrected chi connectivity index (χ0v) is 17.5. The van der Waals surface area contributed by atoms with Gasteiger partial charge in [-0.05, 0) is 18.1 Å². The number of hydrogen-bond acceptors (Lipinski definition) is 4. The first-order valence-corrected chi connectivity index (χ1v) is 10.7. The monoisotopic (exact) mass is 480 g/mol. The minimum Gasteiger partial charge on any atom is -0.370 e. The molecule has 27 heavy (non-hydrogen) atoms. The summed E-state index contributed by atoms with van der Waals surface area (Å²) in [4.78, 5) is 0. The number of alkyl halides is 1. The first-order chi connectivity index (χ1) is 13.2. The molecule has 0 N–H and O–H groups in total. The van der Waals surface area contributed by atoms with Gasteiger partial charge in [0, 0.05) is 3.92 Å². The van der Waals surface area contributed by atoms with Crippen molar-refractivity contribution in [3.63, 3.8) is 0 Å². The molecule has 0 spiro atoms. The largest absolute Gasteiger partial charge is 0.370 e. The summed E-state index contributed by atoms with van der Waals surface area (Å²) in [6, 6.07) is 20.5. The van der Waals surface area contributed by atoms with E-state index >= 15 is 0 Å². The van der Waals surface area contributed by atoms with Crippen molar-refractivity contribution in [1.29, 1.82) is 0 Å². The molecule has 6 atom stereocenters. The third-order valence-corrected chi connectivity index (χ3v) is 6.43. The van der Waals surface area contributed by atoms with Gasteiger partial charge in [0.2, 0.25) is 0 Å². The Morgan fingerprint density at radius 3 is 2.04 bits per heavy atom. The average molecular weight is 480 g/mol. The predicted octanol–water partition coefficient (Wildman–Crippen LogP) is 4.35. The van der Waals surface area contributed by atoms with Gasteiger partial charge in [-0.2, -0.15) is 0 Å². The summed E-state index contributed by atoms with van der Waals surface area (Å²) < 4.78 is 25.1. The Balaban J connectivity index is 1.50. The number of ether oxygens (including phenoxy) is 4. The van der Waals surface area contributed by atoms with Crippen LogP contribution in [-0.4, -0.2) is 35.1 Å². The second-order valence-corrected chi connectivity index (χ2v) is 8.76. The maximum Gasteiger partial charge on any atom is 0.164 e. The quantitative estimate of drug-likeness (QED) is 0.455. The highest BCUT2D eigenvalue weighted by molar-refractivity contribution is 14.1. The molecule has 2 fully saturated rings. The maximum absolute atomic E-state index is 6.44. The molecule has 0 saturated carbocycles. The molecule has 2 heterocycles. The summed E-state index contributed by atoms with van der Waals surface area (Å²) in [6.07, 6.45) is -0.488. The Kier molecular flexibility index (Phi) is 6.45. The average Bonchev–Trinajstić information content (AvgIpc) is 3.07. The fourth-order valence-corrected chi connectivity index (χ4v) is 4.77. The highest BCUT2D eigenvalue weighted by Gasteiger charge is 2.52. The summed E-state index contributed by atoms with van der Waals surface area (Å²) >= 11 is 2.45. The Labute approximate surface area is 174 Å². The molecular formula is C22H25IO4. The minimum atomic E-state index is -0.209. The Morgan fingerprint density at radius 1 is 0.889 bits per heavy atom. The van der Waals surface area contributed by atoms with Gasteiger partial charge >= 0.3 is 0 Å². The second-order valence-electron chi connectivity index (χ2n) is 7.16. The highest BCUT2D eigenvalue weighted by atomic mass is 127. The Hall–Kier alpha value is -0.990. The molecule has 0 bridgehead atoms. The molecule has 0 unspecified atom stereocenters. The lowest BCUT2D eigenvalue weighted by Gasteiger charge is -2.43. The molecule has 0 aliphatic carbocycles. The van der Waals surface area contributed by atoms with Crippen molar-refractivity contribution in [3.05, 3.63) is 71.8 Å². The SMILES string of the molecule is C[C@@H]1O[C@H]2OC[C@H](I)[C@H]2[C@H](OCc2ccccc2)[C@H]1OCc1ccccc1. The van der Waals surface area contributed by atoms with Gasteiger partial charge in [-0.25, -0.2) is 0 Å². The van der Waals surface area contributed by atoms with E-state index in [9.17, 15) is 0 Å². The van der Waals surface area contributed by atoms with E-state index in [0.29, 0.717) is 23.7 Å². The standard InChI is InChI=1S/C22H25IO4/c1-15-20(24-12-16-8-4-2-5-9-16)21(19-18(23)14-26-22(19)27-15)25-13-17-10-6-3-7-11-17/h2-11,15,18-22H,12-14H2,1H3/t15-,18-,19-,20-,21-,22+/m0/s1. The summed E-state index contributed by atoms with van der Waals surface area (Å²) in [5.41, 5.74) is 2.32. The summed E-state index contributed by atoms with van der Waals surface area (Å²) in [7, 11) is 0. The van der Waals surface area contributed by atoms with Crippen LogP contribution in [0.5, 0.6) is 0 Å². The summed E-state index contributed by atoms with van der Waals surface area (Å²) in [6.45, 7) is 3.86. The van der Waals surface area contributed by atoms with Gasteiger partial charge < -0.3 is 18.9 Å². The minimum absolute atomic E-state index is 0.0629. The molecule has 0 radical (unpaired) electrons. The molecule has 2 saturated heterocycles. The lowest BCUT2D eigenvalue weighted by atomic mass is 9.90. The van der Waals surface area contributed by atoms with Crippen molar-refractivity contribution in [3.8, 4) is 0 Å². The lowest BCUT2D eigenvalue weighted by molar-refractivity contribution is -0.269. The van der Waals surface area contributed by atoms with E-state index in [1.165, 1.54) is 5.56 Å². The third kappa shape index (κ3) is 4.54. The van der Waals surface area contributed by atoms with Crippen LogP contribution >= 0.6 is 22.6 Å². The van der Waals surface area contributed by atoms with Gasteiger partial charge in [0.1, 0.15) is 6.10 Å². The van der Waals surface area contributed by atoms with E-state index in [1.807, 2.05) is 36.4 Å². The zero-order chi connectivity index (χ0) is 18.6. The smallest absolute Gasteiger partial charge is 0.164 e. The lowest BCUT2D eigenvalue weighted by Crippen LogP contribution is -2.55. The van der Waals surface area contributed by atoms with Gasteiger partial charge in [-0.3, -0.25) is 0 Å². The van der Waals surface area contributed by atoms with E-state index in [2.05, 4.69) is 53.8 Å². The van der Waals surface area contributed by atoms with Crippen LogP contribution in [0.1, 0.15) is 18.1 Å². The molecule has 4 rings (SSSR count). The molecule has 4 nitrogen and oxygen atoms in total. The van der Waals surface area contributed by atoms with Crippen LogP contribution in [0.3, 0.4) is 0 Å². The molecule has 0 aromatic heterocycles. The van der Waals surface area contributed by atoms with E-state index in [-0.39, 0.29) is 30.5 Å². The van der Waals surface area contributed by atoms with Crippen molar-refractivity contribution in [2.75, 3.05) is 6.61 Å². The van der Waals surface area contributed by atoms with E-state index in [0.717, 1.165) is 5.56 Å². The molecule has 2 aromatic carbocycles. The molecule has 2 aliphatic heterocycles. The molecule has 5 heteroatoms. The number of rotatable bonds is 6. The molecule has 2 aromatic rings. The van der Waals surface area contributed by atoms with Crippen LogP contribution in [-0.2, 0) is 32.2 Å². The van der Waals surface area contributed by atoms with Gasteiger partial charge in [-0.15, -0.1) is 0 Å². The van der Waals surface area contributed by atoms with Crippen LogP contribution < -0.4 is 0 Å². The first kappa shape index (κ1) is 19.3. The topological polar surface area (TPSA) is 36.9 Å². The number of fused-ring (bicyclic) bond motifs is 1. The molecule has 144 valence electrons. The predicted molar refractivity (Wildman–Crippen MR) is 112 cm³/mol.